The monoisotopic (exact) mass is 339 g/mol. The number of rotatable bonds is 3. The zero-order chi connectivity index (χ0) is 16.5. The fourth-order valence-corrected chi connectivity index (χ4v) is 2.59. The van der Waals surface area contributed by atoms with Crippen LogP contribution in [-0.4, -0.2) is 18.1 Å². The molecule has 1 aromatic carbocycles. The average Bonchev–Trinajstić information content (AvgIpc) is 2.84. The van der Waals surface area contributed by atoms with Gasteiger partial charge in [-0.05, 0) is 44.0 Å². The van der Waals surface area contributed by atoms with Gasteiger partial charge >= 0.3 is 0 Å². The maximum Gasteiger partial charge on any atom is 0.250 e. The molecule has 118 valence electrons. The number of hydrogen-bond donors (Lipinski definition) is 1. The highest BCUT2D eigenvalue weighted by Crippen LogP contribution is 2.37. The molecular weight excluding hydrogens is 321 g/mol. The van der Waals surface area contributed by atoms with Crippen LogP contribution >= 0.6 is 23.2 Å². The normalized spacial score (nSPS) is 18.5. The maximum atomic E-state index is 12.6. The largest absolute Gasteiger partial charge is 0.364 e. The molecule has 1 aromatic rings. The fraction of sp³-hybridized carbons (Fsp3) is 0.353. The third-order valence-corrected chi connectivity index (χ3v) is 3.98. The SMILES string of the molecule is C=CC1=C(C(=O)NC(C)(C)C)C(c2ccc(Cl)c(Cl)c2)OC1. The quantitative estimate of drug-likeness (QED) is 0.882. The van der Waals surface area contributed by atoms with Crippen molar-refractivity contribution < 1.29 is 9.53 Å². The van der Waals surface area contributed by atoms with Gasteiger partial charge in [0, 0.05) is 5.54 Å². The summed E-state index contributed by atoms with van der Waals surface area (Å²) in [5, 5.41) is 3.87. The minimum atomic E-state index is -0.467. The zero-order valence-electron chi connectivity index (χ0n) is 12.9. The van der Waals surface area contributed by atoms with Crippen LogP contribution < -0.4 is 5.32 Å². The Bertz CT molecular complexity index is 645. The van der Waals surface area contributed by atoms with E-state index in [0.717, 1.165) is 11.1 Å². The highest BCUT2D eigenvalue weighted by atomic mass is 35.5. The summed E-state index contributed by atoms with van der Waals surface area (Å²) in [6.07, 6.45) is 1.19. The van der Waals surface area contributed by atoms with E-state index in [1.807, 2.05) is 26.8 Å². The molecule has 3 nitrogen and oxygen atoms in total. The van der Waals surface area contributed by atoms with E-state index in [0.29, 0.717) is 22.2 Å². The lowest BCUT2D eigenvalue weighted by molar-refractivity contribution is -0.119. The maximum absolute atomic E-state index is 12.6. The number of halogens is 2. The van der Waals surface area contributed by atoms with Crippen molar-refractivity contribution in [3.63, 3.8) is 0 Å². The minimum absolute atomic E-state index is 0.157. The molecule has 1 aliphatic rings. The molecule has 0 saturated heterocycles. The van der Waals surface area contributed by atoms with Crippen LogP contribution in [0.15, 0.2) is 42.0 Å². The second-order valence-electron chi connectivity index (χ2n) is 6.21. The third-order valence-electron chi connectivity index (χ3n) is 3.24. The lowest BCUT2D eigenvalue weighted by Crippen LogP contribution is -2.42. The van der Waals surface area contributed by atoms with Gasteiger partial charge in [-0.1, -0.05) is 41.9 Å². The molecule has 5 heteroatoms. The van der Waals surface area contributed by atoms with Gasteiger partial charge in [-0.2, -0.15) is 0 Å². The van der Waals surface area contributed by atoms with E-state index in [2.05, 4.69) is 11.9 Å². The topological polar surface area (TPSA) is 38.3 Å². The van der Waals surface area contributed by atoms with E-state index in [1.165, 1.54) is 0 Å². The number of hydrogen-bond acceptors (Lipinski definition) is 2. The second kappa shape index (κ2) is 6.45. The van der Waals surface area contributed by atoms with Crippen molar-refractivity contribution in [3.05, 3.63) is 57.6 Å². The fourth-order valence-electron chi connectivity index (χ4n) is 2.28. The highest BCUT2D eigenvalue weighted by Gasteiger charge is 2.33. The van der Waals surface area contributed by atoms with E-state index in [9.17, 15) is 4.79 Å². The van der Waals surface area contributed by atoms with Crippen molar-refractivity contribution >= 4 is 29.1 Å². The highest BCUT2D eigenvalue weighted by molar-refractivity contribution is 6.42. The van der Waals surface area contributed by atoms with Gasteiger partial charge in [0.15, 0.2) is 0 Å². The Balaban J connectivity index is 2.39. The van der Waals surface area contributed by atoms with Crippen LogP contribution in [0.2, 0.25) is 10.0 Å². The first-order valence-corrected chi connectivity index (χ1v) is 7.73. The van der Waals surface area contributed by atoms with E-state index >= 15 is 0 Å². The van der Waals surface area contributed by atoms with E-state index in [4.69, 9.17) is 27.9 Å². The molecule has 1 atom stereocenters. The molecule has 2 rings (SSSR count). The Morgan fingerprint density at radius 1 is 1.36 bits per heavy atom. The first kappa shape index (κ1) is 17.1. The van der Waals surface area contributed by atoms with Gasteiger partial charge in [-0.15, -0.1) is 0 Å². The summed E-state index contributed by atoms with van der Waals surface area (Å²) >= 11 is 12.0. The van der Waals surface area contributed by atoms with Crippen LogP contribution in [0, 0.1) is 0 Å². The van der Waals surface area contributed by atoms with Crippen molar-refractivity contribution in [2.75, 3.05) is 6.61 Å². The van der Waals surface area contributed by atoms with Crippen LogP contribution in [0.4, 0.5) is 0 Å². The predicted molar refractivity (Wildman–Crippen MR) is 90.3 cm³/mol. The van der Waals surface area contributed by atoms with E-state index < -0.39 is 6.10 Å². The molecule has 0 spiro atoms. The third kappa shape index (κ3) is 3.72. The Hall–Kier alpha value is -1.29. The zero-order valence-corrected chi connectivity index (χ0v) is 14.4. The number of carbonyl (C=O) groups excluding carboxylic acids is 1. The number of carbonyl (C=O) groups is 1. The van der Waals surface area contributed by atoms with Crippen molar-refractivity contribution in [3.8, 4) is 0 Å². The van der Waals surface area contributed by atoms with Gasteiger partial charge in [0.05, 0.1) is 22.2 Å². The van der Waals surface area contributed by atoms with Gasteiger partial charge in [0.1, 0.15) is 6.10 Å². The van der Waals surface area contributed by atoms with Crippen molar-refractivity contribution in [1.82, 2.24) is 5.32 Å². The number of amides is 1. The number of nitrogens with one attached hydrogen (secondary N) is 1. The summed E-state index contributed by atoms with van der Waals surface area (Å²) in [4.78, 5) is 12.6. The average molecular weight is 340 g/mol. The molecule has 1 heterocycles. The molecule has 1 amide bonds. The van der Waals surface area contributed by atoms with Gasteiger partial charge in [0.25, 0.3) is 5.91 Å². The van der Waals surface area contributed by atoms with E-state index in [-0.39, 0.29) is 11.4 Å². The first-order valence-electron chi connectivity index (χ1n) is 6.97. The van der Waals surface area contributed by atoms with Crippen molar-refractivity contribution in [2.24, 2.45) is 0 Å². The lowest BCUT2D eigenvalue weighted by Gasteiger charge is -2.23. The lowest BCUT2D eigenvalue weighted by atomic mass is 9.97. The summed E-state index contributed by atoms with van der Waals surface area (Å²) in [5.41, 5.74) is 1.83. The summed E-state index contributed by atoms with van der Waals surface area (Å²) in [6, 6.07) is 5.24. The molecular formula is C17H19Cl2NO2. The molecule has 0 fully saturated rings. The van der Waals surface area contributed by atoms with Crippen LogP contribution in [0.5, 0.6) is 0 Å². The summed E-state index contributed by atoms with van der Waals surface area (Å²) in [7, 11) is 0. The Labute approximate surface area is 140 Å². The molecule has 22 heavy (non-hydrogen) atoms. The molecule has 1 unspecified atom stereocenters. The summed E-state index contributed by atoms with van der Waals surface area (Å²) < 4.78 is 5.78. The molecule has 0 aromatic heterocycles. The molecule has 1 aliphatic heterocycles. The van der Waals surface area contributed by atoms with Gasteiger partial charge in [-0.25, -0.2) is 0 Å². The first-order chi connectivity index (χ1) is 10.2. The smallest absolute Gasteiger partial charge is 0.250 e. The van der Waals surface area contributed by atoms with Gasteiger partial charge in [-0.3, -0.25) is 4.79 Å². The minimum Gasteiger partial charge on any atom is -0.364 e. The predicted octanol–water partition coefficient (Wildman–Crippen LogP) is 4.46. The second-order valence-corrected chi connectivity index (χ2v) is 7.03. The summed E-state index contributed by atoms with van der Waals surface area (Å²) in [5.74, 6) is -0.157. The van der Waals surface area contributed by atoms with Crippen molar-refractivity contribution in [1.29, 1.82) is 0 Å². The van der Waals surface area contributed by atoms with Crippen LogP contribution in [0.3, 0.4) is 0 Å². The van der Waals surface area contributed by atoms with Crippen LogP contribution in [0.1, 0.15) is 32.4 Å². The molecule has 1 N–H and O–H groups in total. The Morgan fingerprint density at radius 3 is 2.59 bits per heavy atom. The Morgan fingerprint density at radius 2 is 2.05 bits per heavy atom. The van der Waals surface area contributed by atoms with Gasteiger partial charge in [0.2, 0.25) is 0 Å². The molecule has 0 radical (unpaired) electrons. The number of ether oxygens (including phenoxy) is 1. The van der Waals surface area contributed by atoms with Gasteiger partial charge < -0.3 is 10.1 Å². The van der Waals surface area contributed by atoms with Crippen LogP contribution in [-0.2, 0) is 9.53 Å². The standard InChI is InChI=1S/C17H19Cl2NO2/c1-5-10-9-22-15(11-6-7-12(18)13(19)8-11)14(10)16(21)20-17(2,3)4/h5-8,15H,1,9H2,2-4H3,(H,20,21). The van der Waals surface area contributed by atoms with Crippen molar-refractivity contribution in [2.45, 2.75) is 32.4 Å². The van der Waals surface area contributed by atoms with E-state index in [1.54, 1.807) is 18.2 Å². The van der Waals surface area contributed by atoms with Crippen LogP contribution in [0.25, 0.3) is 0 Å². The summed E-state index contributed by atoms with van der Waals surface area (Å²) in [6.45, 7) is 9.92. The number of benzene rings is 1. The Kier molecular flexibility index (Phi) is 5.00. The molecule has 0 saturated carbocycles. The molecule has 0 bridgehead atoms. The molecule has 0 aliphatic carbocycles.